The summed E-state index contributed by atoms with van der Waals surface area (Å²) in [7, 11) is -3.13. The van der Waals surface area contributed by atoms with Crippen LogP contribution in [0.1, 0.15) is 6.92 Å². The molecule has 2 aromatic rings. The SMILES string of the molecule is CCS(=O)(=O)c1ccc2c(ccn2N)c1. The quantitative estimate of drug-likeness (QED) is 0.778. The fourth-order valence-electron chi connectivity index (χ4n) is 1.50. The van der Waals surface area contributed by atoms with Gasteiger partial charge in [-0.2, -0.15) is 0 Å². The Morgan fingerprint density at radius 2 is 2.07 bits per heavy atom. The summed E-state index contributed by atoms with van der Waals surface area (Å²) in [5.41, 5.74) is 0.824. The monoisotopic (exact) mass is 224 g/mol. The summed E-state index contributed by atoms with van der Waals surface area (Å²) < 4.78 is 24.7. The molecular weight excluding hydrogens is 212 g/mol. The molecule has 2 rings (SSSR count). The molecule has 4 nitrogen and oxygen atoms in total. The molecule has 0 spiro atoms. The predicted octanol–water partition coefficient (Wildman–Crippen LogP) is 1.15. The van der Waals surface area contributed by atoms with Gasteiger partial charge in [-0.1, -0.05) is 6.92 Å². The van der Waals surface area contributed by atoms with Crippen LogP contribution in [0.5, 0.6) is 0 Å². The summed E-state index contributed by atoms with van der Waals surface area (Å²) >= 11 is 0. The normalized spacial score (nSPS) is 12.1. The van der Waals surface area contributed by atoms with Crippen molar-refractivity contribution in [2.24, 2.45) is 0 Å². The number of sulfone groups is 1. The highest BCUT2D eigenvalue weighted by Gasteiger charge is 2.12. The Hall–Kier alpha value is -1.49. The molecule has 0 unspecified atom stereocenters. The molecule has 0 saturated carbocycles. The first-order valence-electron chi connectivity index (χ1n) is 4.63. The molecule has 0 radical (unpaired) electrons. The van der Waals surface area contributed by atoms with Gasteiger partial charge >= 0.3 is 0 Å². The van der Waals surface area contributed by atoms with E-state index in [1.54, 1.807) is 37.4 Å². The fraction of sp³-hybridized carbons (Fsp3) is 0.200. The van der Waals surface area contributed by atoms with Crippen LogP contribution in [0.15, 0.2) is 35.4 Å². The van der Waals surface area contributed by atoms with Crippen molar-refractivity contribution in [2.75, 3.05) is 11.6 Å². The van der Waals surface area contributed by atoms with Crippen LogP contribution in [-0.4, -0.2) is 18.8 Å². The zero-order valence-electron chi connectivity index (χ0n) is 8.34. The highest BCUT2D eigenvalue weighted by Crippen LogP contribution is 2.19. The smallest absolute Gasteiger partial charge is 0.178 e. The fourth-order valence-corrected chi connectivity index (χ4v) is 2.42. The molecule has 0 atom stereocenters. The lowest BCUT2D eigenvalue weighted by molar-refractivity contribution is 0.597. The van der Waals surface area contributed by atoms with E-state index in [4.69, 9.17) is 5.84 Å². The van der Waals surface area contributed by atoms with Gasteiger partial charge in [0, 0.05) is 11.6 Å². The Morgan fingerprint density at radius 3 is 2.73 bits per heavy atom. The molecule has 5 heteroatoms. The van der Waals surface area contributed by atoms with Gasteiger partial charge in [0.05, 0.1) is 16.2 Å². The van der Waals surface area contributed by atoms with E-state index in [9.17, 15) is 8.42 Å². The van der Waals surface area contributed by atoms with Crippen molar-refractivity contribution in [3.05, 3.63) is 30.5 Å². The average molecular weight is 224 g/mol. The first-order chi connectivity index (χ1) is 7.04. The lowest BCUT2D eigenvalue weighted by Crippen LogP contribution is -2.06. The summed E-state index contributed by atoms with van der Waals surface area (Å²) in [5, 5.41) is 0.840. The second kappa shape index (κ2) is 3.27. The van der Waals surface area contributed by atoms with Crippen molar-refractivity contribution in [1.29, 1.82) is 0 Å². The van der Waals surface area contributed by atoms with Crippen LogP contribution in [0.4, 0.5) is 0 Å². The third-order valence-electron chi connectivity index (χ3n) is 2.43. The van der Waals surface area contributed by atoms with E-state index in [0.717, 1.165) is 10.9 Å². The molecule has 1 heterocycles. The average Bonchev–Trinajstić information content (AvgIpc) is 2.60. The minimum atomic E-state index is -3.13. The highest BCUT2D eigenvalue weighted by atomic mass is 32.2. The number of rotatable bonds is 2. The summed E-state index contributed by atoms with van der Waals surface area (Å²) in [6.07, 6.45) is 1.70. The second-order valence-corrected chi connectivity index (χ2v) is 5.63. The van der Waals surface area contributed by atoms with Crippen molar-refractivity contribution in [3.8, 4) is 0 Å². The molecule has 0 saturated heterocycles. The molecule has 0 aliphatic carbocycles. The van der Waals surface area contributed by atoms with Gasteiger partial charge in [-0.25, -0.2) is 8.42 Å². The largest absolute Gasteiger partial charge is 0.339 e. The van der Waals surface area contributed by atoms with Crippen LogP contribution in [0, 0.1) is 0 Å². The molecule has 1 aromatic heterocycles. The van der Waals surface area contributed by atoms with Crippen molar-refractivity contribution < 1.29 is 8.42 Å². The van der Waals surface area contributed by atoms with E-state index in [-0.39, 0.29) is 5.75 Å². The minimum Gasteiger partial charge on any atom is -0.339 e. The van der Waals surface area contributed by atoms with E-state index in [1.165, 1.54) is 4.68 Å². The number of hydrogen-bond donors (Lipinski definition) is 1. The molecule has 0 aliphatic heterocycles. The standard InChI is InChI=1S/C10H12N2O2S/c1-2-15(13,14)9-3-4-10-8(7-9)5-6-12(10)11/h3-7H,2,11H2,1H3. The third-order valence-corrected chi connectivity index (χ3v) is 4.16. The highest BCUT2D eigenvalue weighted by molar-refractivity contribution is 7.91. The van der Waals surface area contributed by atoms with Crippen LogP contribution in [-0.2, 0) is 9.84 Å². The van der Waals surface area contributed by atoms with E-state index >= 15 is 0 Å². The Kier molecular flexibility index (Phi) is 2.19. The van der Waals surface area contributed by atoms with E-state index in [1.807, 2.05) is 0 Å². The number of benzene rings is 1. The number of nitrogens with two attached hydrogens (primary N) is 1. The first kappa shape index (κ1) is 10.0. The van der Waals surface area contributed by atoms with Crippen molar-refractivity contribution in [1.82, 2.24) is 4.68 Å². The van der Waals surface area contributed by atoms with Crippen molar-refractivity contribution >= 4 is 20.7 Å². The van der Waals surface area contributed by atoms with Crippen LogP contribution < -0.4 is 5.84 Å². The van der Waals surface area contributed by atoms with Crippen LogP contribution in [0.3, 0.4) is 0 Å². The Bertz CT molecular complexity index is 599. The van der Waals surface area contributed by atoms with Crippen LogP contribution >= 0.6 is 0 Å². The van der Waals surface area contributed by atoms with Gasteiger partial charge in [0.15, 0.2) is 9.84 Å². The van der Waals surface area contributed by atoms with E-state index in [0.29, 0.717) is 4.90 Å². The van der Waals surface area contributed by atoms with Gasteiger partial charge in [-0.15, -0.1) is 0 Å². The zero-order chi connectivity index (χ0) is 11.1. The van der Waals surface area contributed by atoms with Crippen LogP contribution in [0.2, 0.25) is 0 Å². The number of nitrogen functional groups attached to an aromatic ring is 1. The molecule has 1 aromatic carbocycles. The summed E-state index contributed by atoms with van der Waals surface area (Å²) in [4.78, 5) is 0.351. The van der Waals surface area contributed by atoms with Gasteiger partial charge in [0.1, 0.15) is 0 Å². The Labute approximate surface area is 88.2 Å². The summed E-state index contributed by atoms with van der Waals surface area (Å²) in [5.74, 6) is 5.75. The molecule has 0 amide bonds. The minimum absolute atomic E-state index is 0.113. The molecule has 0 bridgehead atoms. The van der Waals surface area contributed by atoms with Crippen molar-refractivity contribution in [3.63, 3.8) is 0 Å². The van der Waals surface area contributed by atoms with Crippen molar-refractivity contribution in [2.45, 2.75) is 11.8 Å². The number of fused-ring (bicyclic) bond motifs is 1. The third kappa shape index (κ3) is 1.59. The Morgan fingerprint density at radius 1 is 1.33 bits per heavy atom. The topological polar surface area (TPSA) is 65.1 Å². The number of nitrogens with zero attached hydrogens (tertiary/aromatic N) is 1. The maximum atomic E-state index is 11.6. The molecule has 0 fully saturated rings. The van der Waals surface area contributed by atoms with Gasteiger partial charge in [-0.3, -0.25) is 4.68 Å². The maximum absolute atomic E-state index is 11.6. The molecular formula is C10H12N2O2S. The number of aromatic nitrogens is 1. The Balaban J connectivity index is 2.67. The molecule has 80 valence electrons. The van der Waals surface area contributed by atoms with Crippen LogP contribution in [0.25, 0.3) is 10.9 Å². The molecule has 0 aliphatic rings. The summed E-state index contributed by atoms with van der Waals surface area (Å²) in [6, 6.07) is 6.75. The maximum Gasteiger partial charge on any atom is 0.178 e. The first-order valence-corrected chi connectivity index (χ1v) is 6.29. The lowest BCUT2D eigenvalue weighted by Gasteiger charge is -2.02. The summed E-state index contributed by atoms with van der Waals surface area (Å²) in [6.45, 7) is 1.63. The predicted molar refractivity (Wildman–Crippen MR) is 59.8 cm³/mol. The molecule has 2 N–H and O–H groups in total. The second-order valence-electron chi connectivity index (χ2n) is 3.35. The van der Waals surface area contributed by atoms with E-state index < -0.39 is 9.84 Å². The van der Waals surface area contributed by atoms with Gasteiger partial charge in [0.2, 0.25) is 0 Å². The van der Waals surface area contributed by atoms with Gasteiger partial charge in [-0.05, 0) is 24.3 Å². The number of hydrogen-bond acceptors (Lipinski definition) is 3. The van der Waals surface area contributed by atoms with Gasteiger partial charge in [0.25, 0.3) is 0 Å². The van der Waals surface area contributed by atoms with E-state index in [2.05, 4.69) is 0 Å². The molecule has 15 heavy (non-hydrogen) atoms. The zero-order valence-corrected chi connectivity index (χ0v) is 9.16. The van der Waals surface area contributed by atoms with Gasteiger partial charge < -0.3 is 5.84 Å². The lowest BCUT2D eigenvalue weighted by atomic mass is 10.2.